The molecule has 84 valence electrons. The summed E-state index contributed by atoms with van der Waals surface area (Å²) in [5.74, 6) is 0. The molecular formula is C6H14Cl2MgO5. The Morgan fingerprint density at radius 1 is 0.857 bits per heavy atom. The fourth-order valence-corrected chi connectivity index (χ4v) is 0.446. The molecule has 0 bridgehead atoms. The third-order valence-electron chi connectivity index (χ3n) is 1.04. The van der Waals surface area contributed by atoms with Gasteiger partial charge >= 0.3 is 23.1 Å². The van der Waals surface area contributed by atoms with Crippen LogP contribution in [0.1, 0.15) is 0 Å². The van der Waals surface area contributed by atoms with Crippen molar-refractivity contribution >= 4 is 23.1 Å². The van der Waals surface area contributed by atoms with Gasteiger partial charge in [-0.2, -0.15) is 0 Å². The van der Waals surface area contributed by atoms with E-state index in [1.165, 1.54) is 0 Å². The molecule has 0 aliphatic heterocycles. The van der Waals surface area contributed by atoms with Crippen LogP contribution >= 0.6 is 0 Å². The average Bonchev–Trinajstić information content (AvgIpc) is 2.04. The molecule has 0 amide bonds. The van der Waals surface area contributed by atoms with Crippen LogP contribution in [0.3, 0.4) is 0 Å². The van der Waals surface area contributed by atoms with E-state index in [1.54, 1.807) is 0 Å². The van der Waals surface area contributed by atoms with Crippen LogP contribution in [-0.2, 0) is 4.74 Å². The van der Waals surface area contributed by atoms with Crippen molar-refractivity contribution in [2.24, 2.45) is 0 Å². The molecule has 8 heteroatoms. The van der Waals surface area contributed by atoms with Crippen LogP contribution < -0.4 is 24.8 Å². The minimum atomic E-state index is -0.916. The molecule has 0 aliphatic rings. The number of halogens is 2. The summed E-state index contributed by atoms with van der Waals surface area (Å²) in [6, 6.07) is 0. The Morgan fingerprint density at radius 3 is 1.36 bits per heavy atom. The molecule has 0 fully saturated rings. The van der Waals surface area contributed by atoms with Crippen molar-refractivity contribution in [3.05, 3.63) is 0 Å². The Labute approximate surface area is 111 Å². The van der Waals surface area contributed by atoms with Crippen LogP contribution in [0.15, 0.2) is 0 Å². The number of aliphatic hydroxyl groups is 4. The summed E-state index contributed by atoms with van der Waals surface area (Å²) in [5, 5.41) is 34.1. The average molecular weight is 261 g/mol. The van der Waals surface area contributed by atoms with E-state index in [0.29, 0.717) is 0 Å². The van der Waals surface area contributed by atoms with Crippen LogP contribution in [-0.4, -0.2) is 82.1 Å². The number of hydrogen-bond donors (Lipinski definition) is 4. The SMILES string of the molecule is OCC(O)COCC(O)CO.[Cl-].[Cl-].[Mg+2]. The maximum Gasteiger partial charge on any atom is 2.00 e. The molecule has 14 heavy (non-hydrogen) atoms. The van der Waals surface area contributed by atoms with Gasteiger partial charge in [0.2, 0.25) is 0 Å². The maximum absolute atomic E-state index is 8.72. The summed E-state index contributed by atoms with van der Waals surface area (Å²) in [7, 11) is 0. The minimum Gasteiger partial charge on any atom is -1.00 e. The first kappa shape index (κ1) is 24.4. The van der Waals surface area contributed by atoms with Crippen molar-refractivity contribution in [1.29, 1.82) is 0 Å². The summed E-state index contributed by atoms with van der Waals surface area (Å²) in [5.41, 5.74) is 0. The quantitative estimate of drug-likeness (QED) is 0.357. The Hall–Kier alpha value is 1.15. The van der Waals surface area contributed by atoms with E-state index >= 15 is 0 Å². The zero-order valence-corrected chi connectivity index (χ0v) is 10.6. The van der Waals surface area contributed by atoms with E-state index in [9.17, 15) is 0 Å². The second-order valence-corrected chi connectivity index (χ2v) is 2.21. The summed E-state index contributed by atoms with van der Waals surface area (Å²) in [6.07, 6.45) is -1.83. The maximum atomic E-state index is 8.72. The van der Waals surface area contributed by atoms with Gasteiger partial charge in [-0.15, -0.1) is 0 Å². The van der Waals surface area contributed by atoms with Gasteiger partial charge in [0.25, 0.3) is 0 Å². The Morgan fingerprint density at radius 2 is 1.14 bits per heavy atom. The number of hydrogen-bond acceptors (Lipinski definition) is 5. The van der Waals surface area contributed by atoms with Crippen LogP contribution in [0.2, 0.25) is 0 Å². The second kappa shape index (κ2) is 16.6. The van der Waals surface area contributed by atoms with Crippen molar-refractivity contribution in [3.63, 3.8) is 0 Å². The van der Waals surface area contributed by atoms with Gasteiger partial charge in [0, 0.05) is 0 Å². The van der Waals surface area contributed by atoms with E-state index in [-0.39, 0.29) is 74.3 Å². The van der Waals surface area contributed by atoms with Crippen molar-refractivity contribution in [3.8, 4) is 0 Å². The first-order valence-corrected chi connectivity index (χ1v) is 3.36. The number of rotatable bonds is 6. The topological polar surface area (TPSA) is 90.2 Å². The Kier molecular flexibility index (Phi) is 28.9. The van der Waals surface area contributed by atoms with Gasteiger partial charge in [-0.3, -0.25) is 0 Å². The van der Waals surface area contributed by atoms with Gasteiger partial charge in [-0.1, -0.05) is 0 Å². The number of ether oxygens (including phenoxy) is 1. The predicted molar refractivity (Wildman–Crippen MR) is 42.8 cm³/mol. The first-order valence-electron chi connectivity index (χ1n) is 3.36. The van der Waals surface area contributed by atoms with E-state index in [0.717, 1.165) is 0 Å². The van der Waals surface area contributed by atoms with Crippen molar-refractivity contribution in [1.82, 2.24) is 0 Å². The smallest absolute Gasteiger partial charge is 1.00 e. The van der Waals surface area contributed by atoms with Gasteiger partial charge in [-0.25, -0.2) is 0 Å². The fourth-order valence-electron chi connectivity index (χ4n) is 0.446. The molecule has 2 unspecified atom stereocenters. The Bertz CT molecular complexity index is 90.3. The molecule has 0 aromatic heterocycles. The van der Waals surface area contributed by atoms with Gasteiger partial charge < -0.3 is 50.0 Å². The summed E-state index contributed by atoms with van der Waals surface area (Å²) in [6.45, 7) is -0.800. The van der Waals surface area contributed by atoms with Crippen molar-refractivity contribution < 1.29 is 50.0 Å². The molecule has 0 aromatic carbocycles. The molecule has 0 saturated carbocycles. The first-order chi connectivity index (χ1) is 5.20. The molecule has 2 atom stereocenters. The minimum absolute atomic E-state index is 0. The number of aliphatic hydroxyl groups excluding tert-OH is 4. The van der Waals surface area contributed by atoms with Crippen LogP contribution in [0.5, 0.6) is 0 Å². The van der Waals surface area contributed by atoms with Gasteiger partial charge in [-0.05, 0) is 0 Å². The molecule has 0 spiro atoms. The zero-order valence-electron chi connectivity index (χ0n) is 7.64. The van der Waals surface area contributed by atoms with Crippen LogP contribution in [0.25, 0.3) is 0 Å². The normalized spacial score (nSPS) is 12.9. The van der Waals surface area contributed by atoms with Crippen LogP contribution in [0, 0.1) is 0 Å². The van der Waals surface area contributed by atoms with E-state index < -0.39 is 12.2 Å². The summed E-state index contributed by atoms with van der Waals surface area (Å²) < 4.78 is 4.72. The van der Waals surface area contributed by atoms with Gasteiger partial charge in [0.15, 0.2) is 0 Å². The molecule has 0 saturated heterocycles. The molecule has 0 heterocycles. The molecule has 0 rings (SSSR count). The van der Waals surface area contributed by atoms with Crippen molar-refractivity contribution in [2.45, 2.75) is 12.2 Å². The van der Waals surface area contributed by atoms with Gasteiger partial charge in [0.1, 0.15) is 12.2 Å². The summed E-state index contributed by atoms with van der Waals surface area (Å²) >= 11 is 0. The monoisotopic (exact) mass is 260 g/mol. The third-order valence-corrected chi connectivity index (χ3v) is 1.04. The third kappa shape index (κ3) is 15.6. The Balaban J connectivity index is -0.000000167. The van der Waals surface area contributed by atoms with E-state index in [1.807, 2.05) is 0 Å². The molecule has 0 radical (unpaired) electrons. The molecule has 0 aliphatic carbocycles. The molecular weight excluding hydrogens is 247 g/mol. The standard InChI is InChI=1S/C6H14O5.2ClH.Mg/c7-1-5(9)3-11-4-6(10)2-8;;;/h5-10H,1-4H2;2*1H;/q;;;+2/p-2. The summed E-state index contributed by atoms with van der Waals surface area (Å²) in [4.78, 5) is 0. The van der Waals surface area contributed by atoms with Gasteiger partial charge in [0.05, 0.1) is 26.4 Å². The van der Waals surface area contributed by atoms with E-state index in [2.05, 4.69) is 0 Å². The largest absolute Gasteiger partial charge is 2.00 e. The molecule has 4 N–H and O–H groups in total. The van der Waals surface area contributed by atoms with Crippen molar-refractivity contribution in [2.75, 3.05) is 26.4 Å². The van der Waals surface area contributed by atoms with E-state index in [4.69, 9.17) is 25.2 Å². The fraction of sp³-hybridized carbons (Fsp3) is 1.00. The zero-order chi connectivity index (χ0) is 8.69. The molecule has 0 aromatic rings. The second-order valence-electron chi connectivity index (χ2n) is 2.21. The van der Waals surface area contributed by atoms with Crippen LogP contribution in [0.4, 0.5) is 0 Å². The predicted octanol–water partition coefficient (Wildman–Crippen LogP) is -8.66. The molecule has 5 nitrogen and oxygen atoms in total.